The van der Waals surface area contributed by atoms with Gasteiger partial charge in [-0.25, -0.2) is 0 Å². The van der Waals surface area contributed by atoms with Crippen LogP contribution in [0.4, 0.5) is 0 Å². The molecule has 5 nitrogen and oxygen atoms in total. The number of unbranched alkanes of at least 4 members (excludes halogenated alkanes) is 1. The van der Waals surface area contributed by atoms with Crippen molar-refractivity contribution in [3.05, 3.63) is 91.0 Å². The van der Waals surface area contributed by atoms with Crippen LogP contribution in [0.5, 0.6) is 17.2 Å². The third-order valence-corrected chi connectivity index (χ3v) is 5.40. The molecule has 34 heavy (non-hydrogen) atoms. The summed E-state index contributed by atoms with van der Waals surface area (Å²) in [4.78, 5) is 10.5. The van der Waals surface area contributed by atoms with Crippen molar-refractivity contribution in [2.45, 2.75) is 19.3 Å². The van der Waals surface area contributed by atoms with Gasteiger partial charge in [-0.05, 0) is 77.2 Å². The van der Waals surface area contributed by atoms with Crippen molar-refractivity contribution in [1.29, 1.82) is 0 Å². The highest BCUT2D eigenvalue weighted by Crippen LogP contribution is 2.27. The van der Waals surface area contributed by atoms with Crippen LogP contribution in [0.25, 0.3) is 21.9 Å². The van der Waals surface area contributed by atoms with Crippen LogP contribution in [0.15, 0.2) is 91.0 Å². The molecule has 4 rings (SSSR count). The third kappa shape index (κ3) is 6.75. The Balaban J connectivity index is 1.19. The highest BCUT2D eigenvalue weighted by Gasteiger charge is 2.03. The van der Waals surface area contributed by atoms with E-state index in [2.05, 4.69) is 54.6 Å². The van der Waals surface area contributed by atoms with Crippen molar-refractivity contribution >= 4 is 16.7 Å². The molecule has 0 fully saturated rings. The molecule has 0 atom stereocenters. The van der Waals surface area contributed by atoms with E-state index in [9.17, 15) is 4.79 Å². The normalized spacial score (nSPS) is 10.7. The molecule has 0 aliphatic heterocycles. The van der Waals surface area contributed by atoms with Crippen molar-refractivity contribution in [3.63, 3.8) is 0 Å². The van der Waals surface area contributed by atoms with E-state index in [1.807, 2.05) is 24.3 Å². The van der Waals surface area contributed by atoms with E-state index < -0.39 is 5.97 Å². The Morgan fingerprint density at radius 2 is 1.18 bits per heavy atom. The molecule has 0 aliphatic carbocycles. The van der Waals surface area contributed by atoms with Crippen molar-refractivity contribution in [3.8, 4) is 28.4 Å². The minimum atomic E-state index is -0.873. The first-order chi connectivity index (χ1) is 16.7. The maximum absolute atomic E-state index is 10.5. The number of aliphatic carboxylic acids is 1. The molecule has 5 heteroatoms. The van der Waals surface area contributed by atoms with Crippen LogP contribution in [0.1, 0.15) is 19.3 Å². The monoisotopic (exact) mass is 456 g/mol. The fourth-order valence-electron chi connectivity index (χ4n) is 3.60. The number of carbonyl (C=O) groups is 1. The summed E-state index contributed by atoms with van der Waals surface area (Å²) in [7, 11) is 0. The molecule has 0 aromatic heterocycles. The van der Waals surface area contributed by atoms with E-state index in [0.29, 0.717) is 19.0 Å². The summed E-state index contributed by atoms with van der Waals surface area (Å²) in [5.41, 5.74) is 2.40. The Hall–Kier alpha value is -3.99. The molecule has 174 valence electrons. The second kappa shape index (κ2) is 11.8. The molecular weight excluding hydrogens is 428 g/mol. The smallest absolute Gasteiger partial charge is 0.306 e. The lowest BCUT2D eigenvalue weighted by Crippen LogP contribution is -2.05. The summed E-state index contributed by atoms with van der Waals surface area (Å²) >= 11 is 0. The summed E-state index contributed by atoms with van der Waals surface area (Å²) in [6, 6.07) is 30.3. The van der Waals surface area contributed by atoms with Crippen molar-refractivity contribution in [2.75, 3.05) is 19.8 Å². The Labute approximate surface area is 199 Å². The van der Waals surface area contributed by atoms with Gasteiger partial charge in [-0.2, -0.15) is 0 Å². The second-order valence-electron chi connectivity index (χ2n) is 7.96. The number of carboxylic acids is 1. The number of hydrogen-bond donors (Lipinski definition) is 1. The van der Waals surface area contributed by atoms with Gasteiger partial charge in [-0.15, -0.1) is 0 Å². The number of carboxylic acid groups (broad SMARTS) is 1. The highest BCUT2D eigenvalue weighted by molar-refractivity contribution is 5.88. The Morgan fingerprint density at radius 3 is 1.85 bits per heavy atom. The van der Waals surface area contributed by atoms with Gasteiger partial charge in [0, 0.05) is 0 Å². The van der Waals surface area contributed by atoms with E-state index in [1.54, 1.807) is 12.1 Å². The molecule has 0 aliphatic rings. The Bertz CT molecular complexity index is 1200. The van der Waals surface area contributed by atoms with Crippen LogP contribution in [0, 0.1) is 0 Å². The lowest BCUT2D eigenvalue weighted by molar-refractivity contribution is -0.137. The molecule has 4 aromatic carbocycles. The maximum Gasteiger partial charge on any atom is 0.306 e. The van der Waals surface area contributed by atoms with Gasteiger partial charge in [0.25, 0.3) is 0 Å². The van der Waals surface area contributed by atoms with Crippen LogP contribution < -0.4 is 14.2 Å². The molecular formula is C29H28O5. The molecule has 0 heterocycles. The lowest BCUT2D eigenvalue weighted by Gasteiger charge is -2.10. The molecule has 0 radical (unpaired) electrons. The molecule has 0 saturated heterocycles. The van der Waals surface area contributed by atoms with Gasteiger partial charge in [-0.3, -0.25) is 4.79 Å². The topological polar surface area (TPSA) is 65.0 Å². The number of rotatable bonds is 12. The number of fused-ring (bicyclic) bond motifs is 1. The lowest BCUT2D eigenvalue weighted by atomic mass is 10.0. The largest absolute Gasteiger partial charge is 0.494 e. The molecule has 0 saturated carbocycles. The third-order valence-electron chi connectivity index (χ3n) is 5.40. The van der Waals surface area contributed by atoms with Crippen LogP contribution >= 0.6 is 0 Å². The minimum absolute atomic E-state index is 0.0196. The first-order valence-corrected chi connectivity index (χ1v) is 11.5. The van der Waals surface area contributed by atoms with E-state index >= 15 is 0 Å². The molecule has 1 N–H and O–H groups in total. The fraction of sp³-hybridized carbons (Fsp3) is 0.207. The zero-order chi connectivity index (χ0) is 23.6. The van der Waals surface area contributed by atoms with Crippen molar-refractivity contribution < 1.29 is 24.1 Å². The summed E-state index contributed by atoms with van der Waals surface area (Å²) in [5, 5.41) is 11.0. The predicted octanol–water partition coefficient (Wildman–Crippen LogP) is 6.60. The number of benzene rings is 4. The number of hydrogen-bond acceptors (Lipinski definition) is 4. The minimum Gasteiger partial charge on any atom is -0.494 e. The summed E-state index contributed by atoms with van der Waals surface area (Å²) in [6.07, 6.45) is 1.75. The van der Waals surface area contributed by atoms with Crippen LogP contribution in [0.2, 0.25) is 0 Å². The first-order valence-electron chi connectivity index (χ1n) is 11.5. The first kappa shape index (κ1) is 23.2. The van der Waals surface area contributed by atoms with Gasteiger partial charge < -0.3 is 19.3 Å². The molecule has 0 bridgehead atoms. The second-order valence-corrected chi connectivity index (χ2v) is 7.96. The van der Waals surface area contributed by atoms with Gasteiger partial charge in [0.05, 0.1) is 26.2 Å². The zero-order valence-corrected chi connectivity index (χ0v) is 19.0. The summed E-state index contributed by atoms with van der Waals surface area (Å²) in [5.74, 6) is 1.39. The fourth-order valence-corrected chi connectivity index (χ4v) is 3.60. The van der Waals surface area contributed by atoms with Gasteiger partial charge in [0.15, 0.2) is 0 Å². The quantitative estimate of drug-likeness (QED) is 0.243. The zero-order valence-electron chi connectivity index (χ0n) is 19.0. The Kier molecular flexibility index (Phi) is 8.01. The average Bonchev–Trinajstić information content (AvgIpc) is 2.87. The van der Waals surface area contributed by atoms with Crippen molar-refractivity contribution in [2.24, 2.45) is 0 Å². The molecule has 0 spiro atoms. The summed E-state index contributed by atoms with van der Waals surface area (Å²) in [6.45, 7) is 1.38. The van der Waals surface area contributed by atoms with Crippen LogP contribution in [-0.4, -0.2) is 30.9 Å². The van der Waals surface area contributed by atoms with Gasteiger partial charge in [0.1, 0.15) is 17.2 Å². The maximum atomic E-state index is 10.5. The molecule has 0 unspecified atom stereocenters. The van der Waals surface area contributed by atoms with Gasteiger partial charge in [-0.1, -0.05) is 48.5 Å². The van der Waals surface area contributed by atoms with E-state index in [-0.39, 0.29) is 13.0 Å². The number of ether oxygens (including phenoxy) is 3. The highest BCUT2D eigenvalue weighted by atomic mass is 16.5. The summed E-state index contributed by atoms with van der Waals surface area (Å²) < 4.78 is 17.1. The van der Waals surface area contributed by atoms with E-state index in [4.69, 9.17) is 19.3 Å². The molecule has 4 aromatic rings. The predicted molar refractivity (Wildman–Crippen MR) is 134 cm³/mol. The van der Waals surface area contributed by atoms with E-state index in [1.165, 1.54) is 16.5 Å². The van der Waals surface area contributed by atoms with Gasteiger partial charge >= 0.3 is 5.97 Å². The SMILES string of the molecule is O=C(O)CCOc1ccc(OCCCCOc2ccc3ccc(-c4ccccc4)cc3c2)cc1. The van der Waals surface area contributed by atoms with Gasteiger partial charge in [0.2, 0.25) is 0 Å². The molecule has 0 amide bonds. The van der Waals surface area contributed by atoms with E-state index in [0.717, 1.165) is 29.7 Å². The Morgan fingerprint density at radius 1 is 0.588 bits per heavy atom. The van der Waals surface area contributed by atoms with Crippen molar-refractivity contribution in [1.82, 2.24) is 0 Å². The van der Waals surface area contributed by atoms with Crippen LogP contribution in [-0.2, 0) is 4.79 Å². The van der Waals surface area contributed by atoms with Crippen LogP contribution in [0.3, 0.4) is 0 Å². The average molecular weight is 457 g/mol. The standard InChI is InChI=1S/C29H28O5/c30-29(31)16-19-34-27-14-12-26(13-15-27)32-17-4-5-18-33-28-11-10-23-8-9-24(20-25(23)21-28)22-6-2-1-3-7-22/h1-3,6-15,20-21H,4-5,16-19H2,(H,30,31).